The van der Waals surface area contributed by atoms with Crippen LogP contribution in [0, 0.1) is 6.92 Å². The van der Waals surface area contributed by atoms with Gasteiger partial charge in [-0.1, -0.05) is 17.4 Å². The summed E-state index contributed by atoms with van der Waals surface area (Å²) < 4.78 is 12.3. The van der Waals surface area contributed by atoms with Crippen LogP contribution >= 0.6 is 11.3 Å². The number of benzene rings is 2. The largest absolute Gasteiger partial charge is 0.497 e. The van der Waals surface area contributed by atoms with E-state index in [0.29, 0.717) is 27.7 Å². The average Bonchev–Trinajstić information content (AvgIpc) is 3.30. The normalized spacial score (nSPS) is 10.8. The van der Waals surface area contributed by atoms with Crippen molar-refractivity contribution in [2.45, 2.75) is 6.92 Å². The molecule has 0 atom stereocenters. The van der Waals surface area contributed by atoms with Gasteiger partial charge < -0.3 is 14.8 Å². The quantitative estimate of drug-likeness (QED) is 0.557. The third-order valence-electron chi connectivity index (χ3n) is 4.17. The van der Waals surface area contributed by atoms with Gasteiger partial charge >= 0.3 is 0 Å². The molecule has 1 amide bonds. The van der Waals surface area contributed by atoms with Crippen LogP contribution in [0.2, 0.25) is 0 Å². The maximum atomic E-state index is 12.7. The molecule has 1 N–H and O–H groups in total. The molecule has 0 spiro atoms. The first-order valence-electron chi connectivity index (χ1n) is 8.41. The van der Waals surface area contributed by atoms with E-state index < -0.39 is 0 Å². The summed E-state index contributed by atoms with van der Waals surface area (Å²) in [6.45, 7) is 1.84. The van der Waals surface area contributed by atoms with Crippen molar-refractivity contribution in [2.24, 2.45) is 0 Å². The first kappa shape index (κ1) is 17.9. The Morgan fingerprint density at radius 3 is 2.71 bits per heavy atom. The molecule has 4 rings (SSSR count). The Hall–Kier alpha value is -3.46. The number of rotatable bonds is 5. The maximum Gasteiger partial charge on any atom is 0.255 e. The number of carbonyl (C=O) groups excluding carboxylic acids is 1. The highest BCUT2D eigenvalue weighted by molar-refractivity contribution is 7.19. The van der Waals surface area contributed by atoms with Crippen molar-refractivity contribution in [2.75, 3.05) is 19.5 Å². The van der Waals surface area contributed by atoms with Gasteiger partial charge in [0.15, 0.2) is 5.82 Å². The molecule has 0 aliphatic rings. The highest BCUT2D eigenvalue weighted by Gasteiger charge is 2.15. The smallest absolute Gasteiger partial charge is 0.255 e. The highest BCUT2D eigenvalue weighted by Crippen LogP contribution is 2.33. The molecule has 2 aromatic heterocycles. The minimum Gasteiger partial charge on any atom is -0.497 e. The third-order valence-corrected chi connectivity index (χ3v) is 5.12. The topological polar surface area (TPSA) is 90.6 Å². The second-order valence-corrected chi connectivity index (χ2v) is 6.91. The standard InChI is InChI=1S/C19H17N5O3S/c1-11-21-22-19-24(11)23-18(28-19)13-7-8-16(27-3)15(10-13)20-17(25)12-5-4-6-14(9-12)26-2/h4-10H,1-3H3,(H,20,25). The molecule has 4 aromatic rings. The lowest BCUT2D eigenvalue weighted by molar-refractivity contribution is 0.102. The Morgan fingerprint density at radius 2 is 1.96 bits per heavy atom. The molecule has 0 aliphatic carbocycles. The number of hydrogen-bond donors (Lipinski definition) is 1. The number of aryl methyl sites for hydroxylation is 1. The minimum absolute atomic E-state index is 0.261. The predicted octanol–water partition coefficient (Wildman–Crippen LogP) is 3.43. The predicted molar refractivity (Wildman–Crippen MR) is 106 cm³/mol. The van der Waals surface area contributed by atoms with Crippen molar-refractivity contribution in [1.29, 1.82) is 0 Å². The van der Waals surface area contributed by atoms with Crippen molar-refractivity contribution >= 4 is 27.9 Å². The molecule has 0 saturated carbocycles. The number of ether oxygens (including phenoxy) is 2. The second kappa shape index (κ2) is 7.28. The summed E-state index contributed by atoms with van der Waals surface area (Å²) in [7, 11) is 3.12. The fourth-order valence-corrected chi connectivity index (χ4v) is 3.61. The zero-order valence-electron chi connectivity index (χ0n) is 15.5. The fourth-order valence-electron chi connectivity index (χ4n) is 2.73. The number of anilines is 1. The van der Waals surface area contributed by atoms with Crippen molar-refractivity contribution < 1.29 is 14.3 Å². The Labute approximate surface area is 164 Å². The van der Waals surface area contributed by atoms with Crippen LogP contribution < -0.4 is 14.8 Å². The third kappa shape index (κ3) is 3.27. The Bertz CT molecular complexity index is 1170. The van der Waals surface area contributed by atoms with Crippen LogP contribution in [0.25, 0.3) is 15.5 Å². The fraction of sp³-hybridized carbons (Fsp3) is 0.158. The van der Waals surface area contributed by atoms with Gasteiger partial charge in [0, 0.05) is 11.1 Å². The summed E-state index contributed by atoms with van der Waals surface area (Å²) >= 11 is 1.42. The molecule has 2 heterocycles. The lowest BCUT2D eigenvalue weighted by atomic mass is 10.1. The summed E-state index contributed by atoms with van der Waals surface area (Å²) in [5.74, 6) is 1.63. The van der Waals surface area contributed by atoms with Gasteiger partial charge in [0.1, 0.15) is 16.5 Å². The number of methoxy groups -OCH3 is 2. The van der Waals surface area contributed by atoms with E-state index in [0.717, 1.165) is 16.4 Å². The lowest BCUT2D eigenvalue weighted by Gasteiger charge is -2.12. The molecule has 0 saturated heterocycles. The van der Waals surface area contributed by atoms with Gasteiger partial charge in [-0.05, 0) is 43.3 Å². The van der Waals surface area contributed by atoms with Crippen LogP contribution in [0.3, 0.4) is 0 Å². The van der Waals surface area contributed by atoms with E-state index in [1.165, 1.54) is 11.3 Å². The van der Waals surface area contributed by atoms with E-state index in [4.69, 9.17) is 9.47 Å². The number of carbonyl (C=O) groups is 1. The van der Waals surface area contributed by atoms with E-state index in [1.807, 2.05) is 19.1 Å². The zero-order chi connectivity index (χ0) is 19.7. The van der Waals surface area contributed by atoms with Crippen LogP contribution in [-0.4, -0.2) is 39.9 Å². The molecule has 0 aliphatic heterocycles. The van der Waals surface area contributed by atoms with Crippen LogP contribution in [-0.2, 0) is 0 Å². The van der Waals surface area contributed by atoms with E-state index >= 15 is 0 Å². The maximum absolute atomic E-state index is 12.7. The highest BCUT2D eigenvalue weighted by atomic mass is 32.1. The van der Waals surface area contributed by atoms with Gasteiger partial charge in [0.2, 0.25) is 4.96 Å². The van der Waals surface area contributed by atoms with Gasteiger partial charge in [0.25, 0.3) is 5.91 Å². The van der Waals surface area contributed by atoms with Gasteiger partial charge in [-0.25, -0.2) is 0 Å². The van der Waals surface area contributed by atoms with Gasteiger partial charge in [-0.15, -0.1) is 10.2 Å². The van der Waals surface area contributed by atoms with Crippen molar-refractivity contribution in [3.05, 3.63) is 53.9 Å². The SMILES string of the molecule is COc1cccc(C(=O)Nc2cc(-c3nn4c(C)nnc4s3)ccc2OC)c1. The van der Waals surface area contributed by atoms with Crippen molar-refractivity contribution in [3.8, 4) is 22.1 Å². The van der Waals surface area contributed by atoms with Gasteiger partial charge in [-0.3, -0.25) is 4.79 Å². The van der Waals surface area contributed by atoms with E-state index in [2.05, 4.69) is 20.6 Å². The first-order valence-corrected chi connectivity index (χ1v) is 9.23. The van der Waals surface area contributed by atoms with Crippen molar-refractivity contribution in [1.82, 2.24) is 19.8 Å². The number of amides is 1. The van der Waals surface area contributed by atoms with Crippen LogP contribution in [0.1, 0.15) is 16.2 Å². The Morgan fingerprint density at radius 1 is 1.11 bits per heavy atom. The summed E-state index contributed by atoms with van der Waals surface area (Å²) in [4.78, 5) is 13.4. The lowest BCUT2D eigenvalue weighted by Crippen LogP contribution is -2.12. The molecule has 2 aromatic carbocycles. The van der Waals surface area contributed by atoms with Gasteiger partial charge in [-0.2, -0.15) is 9.61 Å². The molecule has 28 heavy (non-hydrogen) atoms. The molecule has 9 heteroatoms. The summed E-state index contributed by atoms with van der Waals surface area (Å²) in [5, 5.41) is 16.3. The Kier molecular flexibility index (Phi) is 4.66. The van der Waals surface area contributed by atoms with E-state index in [1.54, 1.807) is 49.1 Å². The number of aromatic nitrogens is 4. The number of fused-ring (bicyclic) bond motifs is 1. The summed E-state index contributed by atoms with van der Waals surface area (Å²) in [6, 6.07) is 12.5. The molecular formula is C19H17N5O3S. The molecule has 0 bridgehead atoms. The monoisotopic (exact) mass is 395 g/mol. The molecule has 0 radical (unpaired) electrons. The number of nitrogens with one attached hydrogen (secondary N) is 1. The number of hydrogen-bond acceptors (Lipinski definition) is 7. The number of nitrogens with zero attached hydrogens (tertiary/aromatic N) is 4. The van der Waals surface area contributed by atoms with Crippen LogP contribution in [0.5, 0.6) is 11.5 Å². The van der Waals surface area contributed by atoms with Crippen LogP contribution in [0.15, 0.2) is 42.5 Å². The van der Waals surface area contributed by atoms with Crippen LogP contribution in [0.4, 0.5) is 5.69 Å². The molecule has 142 valence electrons. The van der Waals surface area contributed by atoms with Crippen molar-refractivity contribution in [3.63, 3.8) is 0 Å². The second-order valence-electron chi connectivity index (χ2n) is 5.95. The average molecular weight is 395 g/mol. The molecule has 8 nitrogen and oxygen atoms in total. The molecule has 0 fully saturated rings. The Balaban J connectivity index is 1.67. The summed E-state index contributed by atoms with van der Waals surface area (Å²) in [6.07, 6.45) is 0. The molecular weight excluding hydrogens is 378 g/mol. The van der Waals surface area contributed by atoms with E-state index in [-0.39, 0.29) is 5.91 Å². The molecule has 0 unspecified atom stereocenters. The first-order chi connectivity index (χ1) is 13.6. The zero-order valence-corrected chi connectivity index (χ0v) is 16.3. The summed E-state index contributed by atoms with van der Waals surface area (Å²) in [5.41, 5.74) is 1.88. The van der Waals surface area contributed by atoms with E-state index in [9.17, 15) is 4.79 Å². The van der Waals surface area contributed by atoms with Gasteiger partial charge in [0.05, 0.1) is 19.9 Å². The minimum atomic E-state index is -0.261.